The lowest BCUT2D eigenvalue weighted by Gasteiger charge is -2.36. The van der Waals surface area contributed by atoms with Gasteiger partial charge < -0.3 is 14.5 Å². The number of aryl methyl sites for hydroxylation is 3. The molecule has 0 atom stereocenters. The molecule has 4 heteroatoms. The van der Waals surface area contributed by atoms with E-state index in [0.717, 1.165) is 31.9 Å². The van der Waals surface area contributed by atoms with E-state index in [1.54, 1.807) is 0 Å². The first kappa shape index (κ1) is 17.3. The van der Waals surface area contributed by atoms with Crippen LogP contribution in [0.5, 0.6) is 5.75 Å². The van der Waals surface area contributed by atoms with E-state index in [1.807, 2.05) is 36.1 Å². The fraction of sp³-hybridized carbons (Fsp3) is 0.381. The molecule has 1 aliphatic rings. The smallest absolute Gasteiger partial charge is 0.260 e. The van der Waals surface area contributed by atoms with Crippen molar-refractivity contribution in [3.8, 4) is 5.75 Å². The third-order valence-electron chi connectivity index (χ3n) is 4.71. The minimum Gasteiger partial charge on any atom is -0.484 e. The Balaban J connectivity index is 1.51. The van der Waals surface area contributed by atoms with Crippen LogP contribution in [0.15, 0.2) is 42.5 Å². The SMILES string of the molecule is Cc1ccc(OCC(=O)N2CCN(c3ccc(C)cc3C)CC2)cc1. The van der Waals surface area contributed by atoms with Crippen molar-refractivity contribution in [1.29, 1.82) is 0 Å². The highest BCUT2D eigenvalue weighted by atomic mass is 16.5. The van der Waals surface area contributed by atoms with Crippen molar-refractivity contribution in [3.63, 3.8) is 0 Å². The molecule has 0 bridgehead atoms. The van der Waals surface area contributed by atoms with Gasteiger partial charge in [0, 0.05) is 31.9 Å². The normalized spacial score (nSPS) is 14.5. The van der Waals surface area contributed by atoms with Gasteiger partial charge in [0.2, 0.25) is 0 Å². The monoisotopic (exact) mass is 338 g/mol. The number of hydrogen-bond donors (Lipinski definition) is 0. The van der Waals surface area contributed by atoms with Crippen molar-refractivity contribution in [2.75, 3.05) is 37.7 Å². The fourth-order valence-electron chi connectivity index (χ4n) is 3.23. The molecule has 0 radical (unpaired) electrons. The second-order valence-electron chi connectivity index (χ2n) is 6.76. The minimum atomic E-state index is 0.0563. The molecule has 1 fully saturated rings. The van der Waals surface area contributed by atoms with Crippen LogP contribution in [-0.2, 0) is 4.79 Å². The van der Waals surface area contributed by atoms with E-state index in [9.17, 15) is 4.79 Å². The van der Waals surface area contributed by atoms with Crippen LogP contribution < -0.4 is 9.64 Å². The number of rotatable bonds is 4. The zero-order chi connectivity index (χ0) is 17.8. The van der Waals surface area contributed by atoms with Crippen LogP contribution in [-0.4, -0.2) is 43.6 Å². The summed E-state index contributed by atoms with van der Waals surface area (Å²) in [5, 5.41) is 0. The number of benzene rings is 2. The summed E-state index contributed by atoms with van der Waals surface area (Å²) in [6.45, 7) is 9.60. The summed E-state index contributed by atoms with van der Waals surface area (Å²) in [6.07, 6.45) is 0. The second kappa shape index (κ2) is 7.60. The van der Waals surface area contributed by atoms with Gasteiger partial charge in [-0.1, -0.05) is 35.4 Å². The van der Waals surface area contributed by atoms with Gasteiger partial charge in [-0.15, -0.1) is 0 Å². The van der Waals surface area contributed by atoms with Gasteiger partial charge in [-0.05, 0) is 44.5 Å². The molecule has 25 heavy (non-hydrogen) atoms. The summed E-state index contributed by atoms with van der Waals surface area (Å²) < 4.78 is 5.61. The summed E-state index contributed by atoms with van der Waals surface area (Å²) in [6, 6.07) is 14.3. The zero-order valence-corrected chi connectivity index (χ0v) is 15.3. The standard InChI is InChI=1S/C21H26N2O2/c1-16-4-7-19(8-5-16)25-15-21(24)23-12-10-22(11-13-23)20-9-6-17(2)14-18(20)3/h4-9,14H,10-13,15H2,1-3H3. The first-order valence-electron chi connectivity index (χ1n) is 8.82. The van der Waals surface area contributed by atoms with Crippen molar-refractivity contribution in [2.24, 2.45) is 0 Å². The van der Waals surface area contributed by atoms with Crippen molar-refractivity contribution in [1.82, 2.24) is 4.90 Å². The third-order valence-corrected chi connectivity index (χ3v) is 4.71. The van der Waals surface area contributed by atoms with Crippen molar-refractivity contribution >= 4 is 11.6 Å². The van der Waals surface area contributed by atoms with Crippen LogP contribution in [0.3, 0.4) is 0 Å². The number of amides is 1. The Hall–Kier alpha value is -2.49. The molecule has 1 aliphatic heterocycles. The predicted octanol–water partition coefficient (Wildman–Crippen LogP) is 3.34. The molecule has 0 saturated carbocycles. The molecule has 0 unspecified atom stereocenters. The van der Waals surface area contributed by atoms with Gasteiger partial charge in [0.25, 0.3) is 5.91 Å². The maximum atomic E-state index is 12.4. The number of carbonyl (C=O) groups excluding carboxylic acids is 1. The zero-order valence-electron chi connectivity index (χ0n) is 15.3. The van der Waals surface area contributed by atoms with Crippen molar-refractivity contribution < 1.29 is 9.53 Å². The van der Waals surface area contributed by atoms with Gasteiger partial charge >= 0.3 is 0 Å². The van der Waals surface area contributed by atoms with E-state index in [2.05, 4.69) is 36.9 Å². The van der Waals surface area contributed by atoms with E-state index < -0.39 is 0 Å². The van der Waals surface area contributed by atoms with Crippen LogP contribution in [0.2, 0.25) is 0 Å². The highest BCUT2D eigenvalue weighted by Crippen LogP contribution is 2.22. The number of anilines is 1. The Morgan fingerprint density at radius 2 is 1.56 bits per heavy atom. The van der Waals surface area contributed by atoms with Crippen LogP contribution >= 0.6 is 0 Å². The lowest BCUT2D eigenvalue weighted by molar-refractivity contribution is -0.133. The Morgan fingerprint density at radius 1 is 0.920 bits per heavy atom. The lowest BCUT2D eigenvalue weighted by atomic mass is 10.1. The molecule has 1 heterocycles. The van der Waals surface area contributed by atoms with Gasteiger partial charge in [-0.25, -0.2) is 0 Å². The molecule has 4 nitrogen and oxygen atoms in total. The summed E-state index contributed by atoms with van der Waals surface area (Å²) in [5.74, 6) is 0.800. The van der Waals surface area contributed by atoms with Gasteiger partial charge in [0.1, 0.15) is 5.75 Å². The first-order valence-corrected chi connectivity index (χ1v) is 8.82. The Morgan fingerprint density at radius 3 is 2.20 bits per heavy atom. The molecular formula is C21H26N2O2. The molecule has 0 aliphatic carbocycles. The van der Waals surface area contributed by atoms with Crippen LogP contribution in [0.1, 0.15) is 16.7 Å². The van der Waals surface area contributed by atoms with Gasteiger partial charge in [0.05, 0.1) is 0 Å². The molecule has 0 N–H and O–H groups in total. The van der Waals surface area contributed by atoms with E-state index in [0.29, 0.717) is 0 Å². The predicted molar refractivity (Wildman–Crippen MR) is 101 cm³/mol. The Bertz CT molecular complexity index is 732. The summed E-state index contributed by atoms with van der Waals surface area (Å²) >= 11 is 0. The molecule has 1 saturated heterocycles. The van der Waals surface area contributed by atoms with Crippen LogP contribution in [0.25, 0.3) is 0 Å². The van der Waals surface area contributed by atoms with E-state index >= 15 is 0 Å². The lowest BCUT2D eigenvalue weighted by Crippen LogP contribution is -2.50. The molecule has 0 spiro atoms. The van der Waals surface area contributed by atoms with E-state index in [1.165, 1.54) is 22.4 Å². The topological polar surface area (TPSA) is 32.8 Å². The summed E-state index contributed by atoms with van der Waals surface area (Å²) in [4.78, 5) is 16.6. The highest BCUT2D eigenvalue weighted by molar-refractivity contribution is 5.78. The van der Waals surface area contributed by atoms with Crippen molar-refractivity contribution in [2.45, 2.75) is 20.8 Å². The number of piperazine rings is 1. The highest BCUT2D eigenvalue weighted by Gasteiger charge is 2.22. The molecular weight excluding hydrogens is 312 g/mol. The van der Waals surface area contributed by atoms with E-state index in [-0.39, 0.29) is 12.5 Å². The first-order chi connectivity index (χ1) is 12.0. The summed E-state index contributed by atoms with van der Waals surface area (Å²) in [5.41, 5.74) is 5.03. The molecule has 2 aromatic carbocycles. The van der Waals surface area contributed by atoms with Crippen molar-refractivity contribution in [3.05, 3.63) is 59.2 Å². The van der Waals surface area contributed by atoms with Crippen LogP contribution in [0, 0.1) is 20.8 Å². The maximum Gasteiger partial charge on any atom is 0.260 e. The van der Waals surface area contributed by atoms with Gasteiger partial charge in [-0.3, -0.25) is 4.79 Å². The maximum absolute atomic E-state index is 12.4. The molecule has 2 aromatic rings. The largest absolute Gasteiger partial charge is 0.484 e. The Kier molecular flexibility index (Phi) is 5.27. The van der Waals surface area contributed by atoms with E-state index in [4.69, 9.17) is 4.74 Å². The number of nitrogens with zero attached hydrogens (tertiary/aromatic N) is 2. The van der Waals surface area contributed by atoms with Crippen LogP contribution in [0.4, 0.5) is 5.69 Å². The van der Waals surface area contributed by atoms with Gasteiger partial charge in [-0.2, -0.15) is 0 Å². The average molecular weight is 338 g/mol. The third kappa shape index (κ3) is 4.32. The fourth-order valence-corrected chi connectivity index (χ4v) is 3.23. The molecule has 132 valence electrons. The number of carbonyl (C=O) groups is 1. The minimum absolute atomic E-state index is 0.0563. The molecule has 3 rings (SSSR count). The second-order valence-corrected chi connectivity index (χ2v) is 6.76. The Labute approximate surface area is 150 Å². The van der Waals surface area contributed by atoms with Gasteiger partial charge in [0.15, 0.2) is 6.61 Å². The summed E-state index contributed by atoms with van der Waals surface area (Å²) in [7, 11) is 0. The quantitative estimate of drug-likeness (QED) is 0.857. The number of ether oxygens (including phenoxy) is 1. The average Bonchev–Trinajstić information content (AvgIpc) is 2.61. The molecule has 1 amide bonds. The number of hydrogen-bond acceptors (Lipinski definition) is 3. The molecule has 0 aromatic heterocycles.